The molecule has 19 heavy (non-hydrogen) atoms. The summed E-state index contributed by atoms with van der Waals surface area (Å²) in [5.41, 5.74) is 0.735. The highest BCUT2D eigenvalue weighted by Crippen LogP contribution is 2.17. The predicted molar refractivity (Wildman–Crippen MR) is 73.4 cm³/mol. The van der Waals surface area contributed by atoms with Crippen molar-refractivity contribution in [2.75, 3.05) is 13.1 Å². The van der Waals surface area contributed by atoms with Crippen molar-refractivity contribution in [2.24, 2.45) is 0 Å². The number of carboxylic acids is 1. The van der Waals surface area contributed by atoms with Gasteiger partial charge in [0, 0.05) is 19.6 Å². The van der Waals surface area contributed by atoms with E-state index in [0.29, 0.717) is 11.4 Å². The van der Waals surface area contributed by atoms with Crippen molar-refractivity contribution in [3.05, 3.63) is 21.9 Å². The van der Waals surface area contributed by atoms with E-state index < -0.39 is 5.97 Å². The van der Waals surface area contributed by atoms with Crippen molar-refractivity contribution >= 4 is 23.2 Å². The molecule has 1 aromatic rings. The monoisotopic (exact) mass is 282 g/mol. The Morgan fingerprint density at radius 1 is 1.47 bits per heavy atom. The van der Waals surface area contributed by atoms with Crippen molar-refractivity contribution in [3.63, 3.8) is 0 Å². The van der Waals surface area contributed by atoms with Crippen molar-refractivity contribution in [3.8, 4) is 0 Å². The highest BCUT2D eigenvalue weighted by molar-refractivity contribution is 7.12. The molecule has 0 bridgehead atoms. The first-order chi connectivity index (χ1) is 9.09. The Labute approximate surface area is 116 Å². The molecule has 0 saturated carbocycles. The molecule has 5 nitrogen and oxygen atoms in total. The van der Waals surface area contributed by atoms with Crippen LogP contribution in [0.25, 0.3) is 0 Å². The molecule has 104 valence electrons. The van der Waals surface area contributed by atoms with E-state index in [1.807, 2.05) is 11.8 Å². The number of nitrogens with one attached hydrogen (secondary N) is 1. The van der Waals surface area contributed by atoms with E-state index in [1.54, 1.807) is 11.4 Å². The average Bonchev–Trinajstić information content (AvgIpc) is 3.05. The number of aromatic carboxylic acids is 1. The average molecular weight is 282 g/mol. The first-order valence-corrected chi connectivity index (χ1v) is 7.29. The lowest BCUT2D eigenvalue weighted by Gasteiger charge is -2.21. The van der Waals surface area contributed by atoms with Crippen LogP contribution in [0.2, 0.25) is 0 Å². The molecule has 2 N–H and O–H groups in total. The highest BCUT2D eigenvalue weighted by Gasteiger charge is 2.23. The Hall–Kier alpha value is -1.40. The molecule has 1 atom stereocenters. The van der Waals surface area contributed by atoms with Gasteiger partial charge in [0.2, 0.25) is 5.91 Å². The van der Waals surface area contributed by atoms with Gasteiger partial charge in [0.25, 0.3) is 0 Å². The molecule has 0 aromatic carbocycles. The third-order valence-electron chi connectivity index (χ3n) is 3.33. The lowest BCUT2D eigenvalue weighted by Crippen LogP contribution is -2.43. The van der Waals surface area contributed by atoms with Crippen LogP contribution >= 0.6 is 11.3 Å². The smallest absolute Gasteiger partial charge is 0.346 e. The molecule has 0 radical (unpaired) electrons. The Kier molecular flexibility index (Phi) is 4.55. The van der Waals surface area contributed by atoms with Crippen molar-refractivity contribution in [1.82, 2.24) is 10.2 Å². The second kappa shape index (κ2) is 6.16. The fraction of sp³-hybridized carbons (Fsp3) is 0.538. The van der Waals surface area contributed by atoms with Gasteiger partial charge in [-0.2, -0.15) is 0 Å². The normalized spacial score (nSPS) is 16.6. The predicted octanol–water partition coefficient (Wildman–Crippen LogP) is 1.55. The Bertz CT molecular complexity index is 466. The molecule has 6 heteroatoms. The molecule has 1 aliphatic rings. The third kappa shape index (κ3) is 3.33. The number of carbonyl (C=O) groups is 2. The fourth-order valence-electron chi connectivity index (χ4n) is 2.22. The summed E-state index contributed by atoms with van der Waals surface area (Å²) in [4.78, 5) is 25.3. The molecular weight excluding hydrogens is 264 g/mol. The number of hydrogen-bond donors (Lipinski definition) is 2. The van der Waals surface area contributed by atoms with Crippen LogP contribution in [0.1, 0.15) is 35.0 Å². The molecule has 1 fully saturated rings. The number of rotatable bonds is 5. The summed E-state index contributed by atoms with van der Waals surface area (Å²) in [5.74, 6) is -0.810. The van der Waals surface area contributed by atoms with Gasteiger partial charge in [-0.05, 0) is 36.8 Å². The summed E-state index contributed by atoms with van der Waals surface area (Å²) in [7, 11) is 0. The quantitative estimate of drug-likeness (QED) is 0.859. The Morgan fingerprint density at radius 2 is 2.16 bits per heavy atom. The molecular formula is C13H18N2O3S. The summed E-state index contributed by atoms with van der Waals surface area (Å²) < 4.78 is 0. The van der Waals surface area contributed by atoms with Gasteiger partial charge in [-0.25, -0.2) is 4.79 Å². The zero-order valence-corrected chi connectivity index (χ0v) is 11.7. The Balaban J connectivity index is 1.89. The number of carbonyl (C=O) groups excluding carboxylic acids is 1. The molecule has 1 aromatic heterocycles. The minimum Gasteiger partial charge on any atom is -0.477 e. The van der Waals surface area contributed by atoms with Crippen LogP contribution in [-0.2, 0) is 11.3 Å². The van der Waals surface area contributed by atoms with Gasteiger partial charge in [0.1, 0.15) is 4.88 Å². The summed E-state index contributed by atoms with van der Waals surface area (Å²) in [6.45, 7) is 3.91. The second-order valence-electron chi connectivity index (χ2n) is 4.72. The van der Waals surface area contributed by atoms with Crippen LogP contribution in [0.3, 0.4) is 0 Å². The van der Waals surface area contributed by atoms with E-state index in [9.17, 15) is 9.59 Å². The zero-order chi connectivity index (χ0) is 13.8. The minimum atomic E-state index is -0.912. The van der Waals surface area contributed by atoms with Gasteiger partial charge in [0.05, 0.1) is 6.04 Å². The van der Waals surface area contributed by atoms with Gasteiger partial charge in [-0.3, -0.25) is 4.79 Å². The van der Waals surface area contributed by atoms with E-state index >= 15 is 0 Å². The highest BCUT2D eigenvalue weighted by atomic mass is 32.1. The van der Waals surface area contributed by atoms with Crippen LogP contribution in [-0.4, -0.2) is 41.0 Å². The maximum Gasteiger partial charge on any atom is 0.346 e. The maximum atomic E-state index is 12.1. The maximum absolute atomic E-state index is 12.1. The minimum absolute atomic E-state index is 0.101. The van der Waals surface area contributed by atoms with Crippen molar-refractivity contribution in [1.29, 1.82) is 0 Å². The number of amides is 1. The summed E-state index contributed by atoms with van der Waals surface area (Å²) in [6, 6.07) is 1.51. The van der Waals surface area contributed by atoms with E-state index in [1.165, 1.54) is 11.3 Å². The summed E-state index contributed by atoms with van der Waals surface area (Å²) in [5, 5.41) is 13.9. The van der Waals surface area contributed by atoms with E-state index in [-0.39, 0.29) is 11.9 Å². The molecule has 1 saturated heterocycles. The fourth-order valence-corrected chi connectivity index (χ4v) is 2.99. The molecule has 2 rings (SSSR count). The molecule has 2 heterocycles. The molecule has 1 aliphatic heterocycles. The number of carboxylic acid groups (broad SMARTS) is 1. The number of nitrogens with zero attached hydrogens (tertiary/aromatic N) is 1. The SMILES string of the molecule is CC(NCc1ccsc1C(=O)O)C(=O)N1CCCC1. The van der Waals surface area contributed by atoms with E-state index in [0.717, 1.165) is 31.5 Å². The van der Waals surface area contributed by atoms with Gasteiger partial charge >= 0.3 is 5.97 Å². The number of hydrogen-bond acceptors (Lipinski definition) is 4. The Morgan fingerprint density at radius 3 is 2.79 bits per heavy atom. The second-order valence-corrected chi connectivity index (χ2v) is 5.63. The molecule has 1 unspecified atom stereocenters. The van der Waals surface area contributed by atoms with Crippen molar-refractivity contribution in [2.45, 2.75) is 32.4 Å². The molecule has 1 amide bonds. The van der Waals surface area contributed by atoms with Crippen LogP contribution in [0.15, 0.2) is 11.4 Å². The molecule has 0 aliphatic carbocycles. The largest absolute Gasteiger partial charge is 0.477 e. The summed E-state index contributed by atoms with van der Waals surface area (Å²) >= 11 is 1.21. The third-order valence-corrected chi connectivity index (χ3v) is 4.27. The van der Waals surface area contributed by atoms with Crippen LogP contribution in [0.4, 0.5) is 0 Å². The first kappa shape index (κ1) is 14.0. The van der Waals surface area contributed by atoms with Crippen molar-refractivity contribution < 1.29 is 14.7 Å². The molecule has 0 spiro atoms. The topological polar surface area (TPSA) is 69.6 Å². The first-order valence-electron chi connectivity index (χ1n) is 6.41. The van der Waals surface area contributed by atoms with Gasteiger partial charge in [0.15, 0.2) is 0 Å². The lowest BCUT2D eigenvalue weighted by molar-refractivity contribution is -0.131. The zero-order valence-electron chi connectivity index (χ0n) is 10.9. The lowest BCUT2D eigenvalue weighted by atomic mass is 10.2. The van der Waals surface area contributed by atoms with Crippen LogP contribution in [0, 0.1) is 0 Å². The standard InChI is InChI=1S/C13H18N2O3S/c1-9(12(16)15-5-2-3-6-15)14-8-10-4-7-19-11(10)13(17)18/h4,7,9,14H,2-3,5-6,8H2,1H3,(H,17,18). The van der Waals surface area contributed by atoms with Gasteiger partial charge < -0.3 is 15.3 Å². The van der Waals surface area contributed by atoms with Gasteiger partial charge in [-0.15, -0.1) is 11.3 Å². The number of thiophene rings is 1. The summed E-state index contributed by atoms with van der Waals surface area (Å²) in [6.07, 6.45) is 2.15. The van der Waals surface area contributed by atoms with Crippen LogP contribution in [0.5, 0.6) is 0 Å². The van der Waals surface area contributed by atoms with Crippen LogP contribution < -0.4 is 5.32 Å². The van der Waals surface area contributed by atoms with E-state index in [4.69, 9.17) is 5.11 Å². The van der Waals surface area contributed by atoms with Gasteiger partial charge in [-0.1, -0.05) is 0 Å². The van der Waals surface area contributed by atoms with E-state index in [2.05, 4.69) is 5.32 Å². The number of likely N-dealkylation sites (tertiary alicyclic amines) is 1.